The lowest BCUT2D eigenvalue weighted by atomic mass is 10.0. The number of ether oxygens (including phenoxy) is 3. The Bertz CT molecular complexity index is 1100. The van der Waals surface area contributed by atoms with Crippen LogP contribution < -0.4 is 9.64 Å². The lowest BCUT2D eigenvalue weighted by Crippen LogP contribution is -2.44. The maximum absolute atomic E-state index is 13.6. The maximum atomic E-state index is 13.6. The zero-order valence-corrected chi connectivity index (χ0v) is 23.1. The third kappa shape index (κ3) is 8.26. The fourth-order valence-corrected chi connectivity index (χ4v) is 3.40. The van der Waals surface area contributed by atoms with Crippen LogP contribution in [-0.4, -0.2) is 28.4 Å². The normalized spacial score (nSPS) is 13.1. The molecule has 7 nitrogen and oxygen atoms in total. The molecule has 0 spiro atoms. The predicted octanol–water partition coefficient (Wildman–Crippen LogP) is 8.33. The van der Waals surface area contributed by atoms with E-state index >= 15 is 0 Å². The van der Waals surface area contributed by atoms with Gasteiger partial charge in [-0.05, 0) is 88.7 Å². The summed E-state index contributed by atoms with van der Waals surface area (Å²) in [6, 6.07) is 4.47. The van der Waals surface area contributed by atoms with Gasteiger partial charge in [-0.3, -0.25) is 0 Å². The minimum atomic E-state index is -4.67. The number of aromatic nitrogens is 1. The largest absolute Gasteiger partial charge is 0.482 e. The molecule has 0 fully saturated rings. The summed E-state index contributed by atoms with van der Waals surface area (Å²) in [5.74, 6) is -0.508. The Morgan fingerprint density at radius 1 is 1.00 bits per heavy atom. The molecule has 0 aliphatic rings. The molecule has 1 aromatic carbocycles. The molecule has 1 heterocycles. The third-order valence-corrected chi connectivity index (χ3v) is 4.89. The Morgan fingerprint density at radius 3 is 2.00 bits per heavy atom. The number of hydrogen-bond donors (Lipinski definition) is 0. The first-order valence-corrected chi connectivity index (χ1v) is 11.9. The number of rotatable bonds is 4. The standard InChI is InChI=1S/C24H27BrClF3N2O5/c1-13(16-11-15(26)8-9-17(16)24(27,28)29)34-18-10-14(25)12-30-19(18)31(20(32)35-22(2,3)4)21(33)36-23(5,6)7/h8-13H,1-7H3/t13-/m1/s1. The average molecular weight is 596 g/mol. The molecule has 2 rings (SSSR count). The molecule has 2 amide bonds. The number of benzene rings is 1. The summed E-state index contributed by atoms with van der Waals surface area (Å²) in [5.41, 5.74) is -3.16. The van der Waals surface area contributed by atoms with Crippen molar-refractivity contribution >= 4 is 45.5 Å². The van der Waals surface area contributed by atoms with Crippen molar-refractivity contribution in [2.75, 3.05) is 4.90 Å². The first-order chi connectivity index (χ1) is 16.3. The number of alkyl halides is 3. The van der Waals surface area contributed by atoms with Gasteiger partial charge < -0.3 is 14.2 Å². The van der Waals surface area contributed by atoms with Crippen LogP contribution in [0.25, 0.3) is 0 Å². The quantitative estimate of drug-likeness (QED) is 0.354. The van der Waals surface area contributed by atoms with Gasteiger partial charge in [0, 0.05) is 21.3 Å². The Hall–Kier alpha value is -2.53. The van der Waals surface area contributed by atoms with E-state index in [9.17, 15) is 22.8 Å². The van der Waals surface area contributed by atoms with Crippen LogP contribution >= 0.6 is 27.5 Å². The first-order valence-electron chi connectivity index (χ1n) is 10.7. The van der Waals surface area contributed by atoms with Crippen molar-refractivity contribution in [3.63, 3.8) is 0 Å². The van der Waals surface area contributed by atoms with Crippen LogP contribution in [0.2, 0.25) is 5.02 Å². The van der Waals surface area contributed by atoms with Gasteiger partial charge in [-0.15, -0.1) is 0 Å². The molecule has 0 unspecified atom stereocenters. The fourth-order valence-electron chi connectivity index (χ4n) is 2.91. The van der Waals surface area contributed by atoms with E-state index in [0.29, 0.717) is 9.37 Å². The number of anilines is 1. The van der Waals surface area contributed by atoms with Crippen molar-refractivity contribution in [1.29, 1.82) is 0 Å². The number of imide groups is 1. The van der Waals surface area contributed by atoms with E-state index in [1.807, 2.05) is 0 Å². The van der Waals surface area contributed by atoms with Crippen molar-refractivity contribution in [2.45, 2.75) is 71.9 Å². The van der Waals surface area contributed by atoms with Crippen LogP contribution in [0.3, 0.4) is 0 Å². The summed E-state index contributed by atoms with van der Waals surface area (Å²) < 4.78 is 57.8. The molecule has 0 radical (unpaired) electrons. The van der Waals surface area contributed by atoms with E-state index in [1.165, 1.54) is 19.2 Å². The first kappa shape index (κ1) is 29.7. The van der Waals surface area contributed by atoms with Gasteiger partial charge in [0.25, 0.3) is 0 Å². The van der Waals surface area contributed by atoms with E-state index in [4.69, 9.17) is 25.8 Å². The third-order valence-electron chi connectivity index (χ3n) is 4.22. The summed E-state index contributed by atoms with van der Waals surface area (Å²) in [4.78, 5) is 30.7. The molecular formula is C24H27BrClF3N2O5. The van der Waals surface area contributed by atoms with Gasteiger partial charge in [0.1, 0.15) is 17.3 Å². The van der Waals surface area contributed by atoms with E-state index < -0.39 is 41.2 Å². The summed E-state index contributed by atoms with van der Waals surface area (Å²) in [7, 11) is 0. The number of nitrogens with zero attached hydrogens (tertiary/aromatic N) is 2. The molecule has 0 bridgehead atoms. The van der Waals surface area contributed by atoms with E-state index in [1.54, 1.807) is 41.5 Å². The monoisotopic (exact) mass is 594 g/mol. The molecule has 2 aromatic rings. The second-order valence-corrected chi connectivity index (χ2v) is 11.1. The Morgan fingerprint density at radius 2 is 1.53 bits per heavy atom. The van der Waals surface area contributed by atoms with Crippen LogP contribution in [0.5, 0.6) is 5.75 Å². The molecule has 36 heavy (non-hydrogen) atoms. The minimum Gasteiger partial charge on any atom is -0.482 e. The van der Waals surface area contributed by atoms with Crippen molar-refractivity contribution in [1.82, 2.24) is 4.98 Å². The molecule has 12 heteroatoms. The molecule has 0 aliphatic heterocycles. The smallest absolute Gasteiger partial charge is 0.425 e. The second kappa shape index (κ2) is 10.8. The molecule has 1 aromatic heterocycles. The fraction of sp³-hybridized carbons (Fsp3) is 0.458. The Kier molecular flexibility index (Phi) is 8.94. The van der Waals surface area contributed by atoms with Crippen molar-refractivity contribution < 1.29 is 37.0 Å². The van der Waals surface area contributed by atoms with E-state index in [2.05, 4.69) is 20.9 Å². The van der Waals surface area contributed by atoms with Crippen LogP contribution in [0.4, 0.5) is 28.6 Å². The number of pyridine rings is 1. The number of halogens is 5. The number of hydrogen-bond acceptors (Lipinski definition) is 6. The number of amides is 2. The molecule has 198 valence electrons. The maximum Gasteiger partial charge on any atom is 0.425 e. The van der Waals surface area contributed by atoms with Gasteiger partial charge in [-0.2, -0.15) is 18.1 Å². The van der Waals surface area contributed by atoms with Gasteiger partial charge in [0.2, 0.25) is 0 Å². The van der Waals surface area contributed by atoms with E-state index in [0.717, 1.165) is 18.2 Å². The summed E-state index contributed by atoms with van der Waals surface area (Å²) in [5, 5.41) is 0.0742. The highest BCUT2D eigenvalue weighted by molar-refractivity contribution is 9.10. The minimum absolute atomic E-state index is 0.0742. The molecule has 0 saturated carbocycles. The summed E-state index contributed by atoms with van der Waals surface area (Å²) in [6.07, 6.45) is -6.82. The van der Waals surface area contributed by atoms with Crippen LogP contribution in [-0.2, 0) is 15.7 Å². The predicted molar refractivity (Wildman–Crippen MR) is 132 cm³/mol. The van der Waals surface area contributed by atoms with Crippen molar-refractivity contribution in [3.05, 3.63) is 51.1 Å². The Labute approximate surface area is 221 Å². The van der Waals surface area contributed by atoms with Crippen LogP contribution in [0, 0.1) is 0 Å². The molecule has 1 atom stereocenters. The molecule has 0 aliphatic carbocycles. The molecule has 0 N–H and O–H groups in total. The number of carbonyl (C=O) groups excluding carboxylic acids is 2. The molecule has 0 saturated heterocycles. The number of carbonyl (C=O) groups is 2. The highest BCUT2D eigenvalue weighted by atomic mass is 79.9. The van der Waals surface area contributed by atoms with Gasteiger partial charge in [0.15, 0.2) is 11.6 Å². The lowest BCUT2D eigenvalue weighted by Gasteiger charge is -2.29. The van der Waals surface area contributed by atoms with Crippen LogP contribution in [0.1, 0.15) is 65.7 Å². The van der Waals surface area contributed by atoms with Crippen molar-refractivity contribution in [2.24, 2.45) is 0 Å². The zero-order chi connectivity index (χ0) is 27.6. The summed E-state index contributed by atoms with van der Waals surface area (Å²) in [6.45, 7) is 11.0. The zero-order valence-electron chi connectivity index (χ0n) is 20.8. The highest BCUT2D eigenvalue weighted by Gasteiger charge is 2.38. The van der Waals surface area contributed by atoms with Crippen LogP contribution in [0.15, 0.2) is 34.9 Å². The average Bonchev–Trinajstić information content (AvgIpc) is 2.66. The molecular weight excluding hydrogens is 569 g/mol. The lowest BCUT2D eigenvalue weighted by molar-refractivity contribution is -0.138. The van der Waals surface area contributed by atoms with Gasteiger partial charge >= 0.3 is 18.4 Å². The van der Waals surface area contributed by atoms with Gasteiger partial charge in [-0.25, -0.2) is 14.6 Å². The van der Waals surface area contributed by atoms with E-state index in [-0.39, 0.29) is 22.2 Å². The van der Waals surface area contributed by atoms with Gasteiger partial charge in [0.05, 0.1) is 5.56 Å². The Balaban J connectivity index is 2.60. The summed E-state index contributed by atoms with van der Waals surface area (Å²) >= 11 is 9.18. The second-order valence-electron chi connectivity index (χ2n) is 9.76. The topological polar surface area (TPSA) is 78.0 Å². The van der Waals surface area contributed by atoms with Gasteiger partial charge in [-0.1, -0.05) is 11.6 Å². The van der Waals surface area contributed by atoms with Crippen molar-refractivity contribution in [3.8, 4) is 5.75 Å². The SMILES string of the molecule is C[C@@H](Oc1cc(Br)cnc1N(C(=O)OC(C)(C)C)C(=O)OC(C)(C)C)c1cc(Cl)ccc1C(F)(F)F. The highest BCUT2D eigenvalue weighted by Crippen LogP contribution is 2.39.